The fourth-order valence-corrected chi connectivity index (χ4v) is 2.93. The van der Waals surface area contributed by atoms with E-state index in [0.717, 1.165) is 17.4 Å². The van der Waals surface area contributed by atoms with Gasteiger partial charge in [-0.3, -0.25) is 0 Å². The number of nitrogens with one attached hydrogen (secondary N) is 1. The summed E-state index contributed by atoms with van der Waals surface area (Å²) < 4.78 is 0. The SMILES string of the molecule is Cc1ccc(N(C)c2nc(C)c(CNC(C)(C)C)s2)cc1. The molecule has 0 saturated carbocycles. The molecule has 0 aliphatic rings. The lowest BCUT2D eigenvalue weighted by Crippen LogP contribution is -2.34. The summed E-state index contributed by atoms with van der Waals surface area (Å²) in [6, 6.07) is 8.54. The molecular formula is C17H25N3S. The predicted octanol–water partition coefficient (Wildman–Crippen LogP) is 4.42. The maximum atomic E-state index is 4.71. The molecule has 0 amide bonds. The summed E-state index contributed by atoms with van der Waals surface area (Å²) in [7, 11) is 2.07. The standard InChI is InChI=1S/C17H25N3S/c1-12-7-9-14(10-8-12)20(6)16-19-13(2)15(21-16)11-18-17(3,4)5/h7-10,18H,11H2,1-6H3. The van der Waals surface area contributed by atoms with Gasteiger partial charge in [-0.15, -0.1) is 0 Å². The van der Waals surface area contributed by atoms with Crippen molar-refractivity contribution in [1.82, 2.24) is 10.3 Å². The van der Waals surface area contributed by atoms with E-state index in [2.05, 4.69) is 76.1 Å². The third-order valence-corrected chi connectivity index (χ3v) is 4.60. The van der Waals surface area contributed by atoms with Crippen LogP contribution in [0, 0.1) is 13.8 Å². The van der Waals surface area contributed by atoms with E-state index in [0.29, 0.717) is 0 Å². The van der Waals surface area contributed by atoms with Gasteiger partial charge in [-0.2, -0.15) is 0 Å². The smallest absolute Gasteiger partial charge is 0.190 e. The van der Waals surface area contributed by atoms with E-state index in [-0.39, 0.29) is 5.54 Å². The van der Waals surface area contributed by atoms with Crippen LogP contribution in [0.1, 0.15) is 36.9 Å². The number of anilines is 2. The molecule has 1 aromatic carbocycles. The molecule has 114 valence electrons. The maximum absolute atomic E-state index is 4.71. The molecule has 0 atom stereocenters. The minimum absolute atomic E-state index is 0.124. The molecule has 0 spiro atoms. The highest BCUT2D eigenvalue weighted by Gasteiger charge is 2.15. The van der Waals surface area contributed by atoms with Crippen molar-refractivity contribution in [2.24, 2.45) is 0 Å². The molecule has 0 radical (unpaired) electrons. The maximum Gasteiger partial charge on any atom is 0.190 e. The van der Waals surface area contributed by atoms with Crippen molar-refractivity contribution < 1.29 is 0 Å². The molecule has 1 aromatic heterocycles. The van der Waals surface area contributed by atoms with Crippen LogP contribution in [0.2, 0.25) is 0 Å². The first kappa shape index (κ1) is 16.0. The Balaban J connectivity index is 2.15. The summed E-state index contributed by atoms with van der Waals surface area (Å²) in [6.45, 7) is 11.6. The van der Waals surface area contributed by atoms with Crippen LogP contribution in [-0.2, 0) is 6.54 Å². The van der Waals surface area contributed by atoms with Crippen molar-refractivity contribution in [1.29, 1.82) is 0 Å². The van der Waals surface area contributed by atoms with E-state index >= 15 is 0 Å². The van der Waals surface area contributed by atoms with E-state index in [1.165, 1.54) is 16.1 Å². The Hall–Kier alpha value is -1.39. The Morgan fingerprint density at radius 1 is 1.14 bits per heavy atom. The summed E-state index contributed by atoms with van der Waals surface area (Å²) in [5.41, 5.74) is 3.69. The number of hydrogen-bond acceptors (Lipinski definition) is 4. The summed E-state index contributed by atoms with van der Waals surface area (Å²) in [5, 5.41) is 4.57. The Morgan fingerprint density at radius 2 is 1.76 bits per heavy atom. The molecule has 1 N–H and O–H groups in total. The van der Waals surface area contributed by atoms with Gasteiger partial charge in [-0.1, -0.05) is 29.0 Å². The van der Waals surface area contributed by atoms with Gasteiger partial charge >= 0.3 is 0 Å². The normalized spacial score (nSPS) is 11.7. The van der Waals surface area contributed by atoms with Gasteiger partial charge in [0, 0.05) is 29.7 Å². The molecule has 0 aliphatic heterocycles. The molecule has 2 rings (SSSR count). The van der Waals surface area contributed by atoms with Gasteiger partial charge in [0.2, 0.25) is 0 Å². The zero-order chi connectivity index (χ0) is 15.6. The third kappa shape index (κ3) is 4.29. The minimum Gasteiger partial charge on any atom is -0.321 e. The van der Waals surface area contributed by atoms with Crippen LogP contribution in [-0.4, -0.2) is 17.6 Å². The highest BCUT2D eigenvalue weighted by Crippen LogP contribution is 2.30. The molecule has 1 heterocycles. The number of aromatic nitrogens is 1. The Bertz CT molecular complexity index is 593. The first-order valence-corrected chi connectivity index (χ1v) is 8.09. The van der Waals surface area contributed by atoms with Crippen molar-refractivity contribution >= 4 is 22.2 Å². The summed E-state index contributed by atoms with van der Waals surface area (Å²) in [6.07, 6.45) is 0. The molecule has 0 aliphatic carbocycles. The molecule has 3 nitrogen and oxygen atoms in total. The van der Waals surface area contributed by atoms with Crippen LogP contribution < -0.4 is 10.2 Å². The number of benzene rings is 1. The fraction of sp³-hybridized carbons (Fsp3) is 0.471. The highest BCUT2D eigenvalue weighted by molar-refractivity contribution is 7.15. The van der Waals surface area contributed by atoms with Gasteiger partial charge in [0.15, 0.2) is 5.13 Å². The number of hydrogen-bond donors (Lipinski definition) is 1. The summed E-state index contributed by atoms with van der Waals surface area (Å²) in [5.74, 6) is 0. The molecule has 0 bridgehead atoms. The molecule has 0 fully saturated rings. The van der Waals surface area contributed by atoms with Gasteiger partial charge in [0.1, 0.15) is 0 Å². The molecular weight excluding hydrogens is 278 g/mol. The second-order valence-electron chi connectivity index (χ2n) is 6.50. The monoisotopic (exact) mass is 303 g/mol. The zero-order valence-electron chi connectivity index (χ0n) is 13.8. The van der Waals surface area contributed by atoms with Crippen LogP contribution in [0.4, 0.5) is 10.8 Å². The fourth-order valence-electron chi connectivity index (χ4n) is 1.94. The van der Waals surface area contributed by atoms with Crippen LogP contribution in [0.3, 0.4) is 0 Å². The first-order chi connectivity index (χ1) is 9.76. The van der Waals surface area contributed by atoms with Crippen LogP contribution in [0.25, 0.3) is 0 Å². The van der Waals surface area contributed by atoms with Gasteiger partial charge in [-0.05, 0) is 46.8 Å². The van der Waals surface area contributed by atoms with Gasteiger partial charge in [-0.25, -0.2) is 4.98 Å². The molecule has 4 heteroatoms. The van der Waals surface area contributed by atoms with E-state index in [1.807, 2.05) is 0 Å². The van der Waals surface area contributed by atoms with E-state index in [4.69, 9.17) is 4.98 Å². The lowest BCUT2D eigenvalue weighted by Gasteiger charge is -2.20. The minimum atomic E-state index is 0.124. The quantitative estimate of drug-likeness (QED) is 0.906. The number of nitrogens with zero attached hydrogens (tertiary/aromatic N) is 2. The highest BCUT2D eigenvalue weighted by atomic mass is 32.1. The number of thiazole rings is 1. The van der Waals surface area contributed by atoms with Crippen molar-refractivity contribution in [3.63, 3.8) is 0 Å². The Labute approximate surface area is 132 Å². The topological polar surface area (TPSA) is 28.2 Å². The molecule has 0 unspecified atom stereocenters. The van der Waals surface area contributed by atoms with Crippen molar-refractivity contribution in [3.8, 4) is 0 Å². The molecule has 2 aromatic rings. The predicted molar refractivity (Wildman–Crippen MR) is 92.7 cm³/mol. The van der Waals surface area contributed by atoms with E-state index < -0.39 is 0 Å². The van der Waals surface area contributed by atoms with Crippen molar-refractivity contribution in [2.45, 2.75) is 46.7 Å². The van der Waals surface area contributed by atoms with E-state index in [1.54, 1.807) is 11.3 Å². The number of rotatable bonds is 4. The second kappa shape index (κ2) is 6.16. The summed E-state index contributed by atoms with van der Waals surface area (Å²) in [4.78, 5) is 8.17. The van der Waals surface area contributed by atoms with Gasteiger partial charge < -0.3 is 10.2 Å². The van der Waals surface area contributed by atoms with Crippen LogP contribution in [0.5, 0.6) is 0 Å². The Kier molecular flexibility index (Phi) is 4.69. The number of aryl methyl sites for hydroxylation is 2. The lowest BCUT2D eigenvalue weighted by molar-refractivity contribution is 0.425. The van der Waals surface area contributed by atoms with Crippen LogP contribution >= 0.6 is 11.3 Å². The van der Waals surface area contributed by atoms with E-state index in [9.17, 15) is 0 Å². The van der Waals surface area contributed by atoms with Gasteiger partial charge in [0.05, 0.1) is 5.69 Å². The average Bonchev–Trinajstić information content (AvgIpc) is 2.77. The van der Waals surface area contributed by atoms with Crippen molar-refractivity contribution in [2.75, 3.05) is 11.9 Å². The third-order valence-electron chi connectivity index (χ3n) is 3.37. The van der Waals surface area contributed by atoms with Gasteiger partial charge in [0.25, 0.3) is 0 Å². The zero-order valence-corrected chi connectivity index (χ0v) is 14.6. The summed E-state index contributed by atoms with van der Waals surface area (Å²) >= 11 is 1.76. The largest absolute Gasteiger partial charge is 0.321 e. The first-order valence-electron chi connectivity index (χ1n) is 7.28. The van der Waals surface area contributed by atoms with Crippen molar-refractivity contribution in [3.05, 3.63) is 40.4 Å². The molecule has 0 saturated heterocycles. The Morgan fingerprint density at radius 3 is 2.33 bits per heavy atom. The average molecular weight is 303 g/mol. The second-order valence-corrected chi connectivity index (χ2v) is 7.57. The lowest BCUT2D eigenvalue weighted by atomic mass is 10.1. The molecule has 21 heavy (non-hydrogen) atoms. The van der Waals surface area contributed by atoms with Crippen LogP contribution in [0.15, 0.2) is 24.3 Å².